The minimum atomic E-state index is 0.109. The molecule has 1 aliphatic rings. The summed E-state index contributed by atoms with van der Waals surface area (Å²) in [5.41, 5.74) is 7.69. The lowest BCUT2D eigenvalue weighted by atomic mass is 9.90. The quantitative estimate of drug-likeness (QED) is 0.909. The number of benzene rings is 1. The normalized spacial score (nSPS) is 23.5. The van der Waals surface area contributed by atoms with E-state index < -0.39 is 0 Å². The van der Waals surface area contributed by atoms with Crippen molar-refractivity contribution in [3.05, 3.63) is 33.8 Å². The molecule has 2 rings (SSSR count). The molecule has 1 aromatic rings. The summed E-state index contributed by atoms with van der Waals surface area (Å²) in [6, 6.07) is 5.93. The number of amides is 1. The van der Waals surface area contributed by atoms with Gasteiger partial charge >= 0.3 is 0 Å². The Morgan fingerprint density at radius 1 is 1.53 bits per heavy atom. The Morgan fingerprint density at radius 2 is 2.26 bits per heavy atom. The Balaban J connectivity index is 2.24. The van der Waals surface area contributed by atoms with Crippen molar-refractivity contribution in [2.75, 3.05) is 13.1 Å². The predicted molar refractivity (Wildman–Crippen MR) is 81.2 cm³/mol. The van der Waals surface area contributed by atoms with Crippen LogP contribution in [0.2, 0.25) is 0 Å². The van der Waals surface area contributed by atoms with Crippen LogP contribution < -0.4 is 5.73 Å². The Hall–Kier alpha value is -0.870. The monoisotopic (exact) mass is 324 g/mol. The smallest absolute Gasteiger partial charge is 0.254 e. The van der Waals surface area contributed by atoms with Crippen LogP contribution in [0.3, 0.4) is 0 Å². The number of aryl methyl sites for hydroxylation is 1. The maximum atomic E-state index is 12.6. The first kappa shape index (κ1) is 14.5. The van der Waals surface area contributed by atoms with E-state index in [1.54, 1.807) is 0 Å². The van der Waals surface area contributed by atoms with Crippen molar-refractivity contribution < 1.29 is 4.79 Å². The average Bonchev–Trinajstić information content (AvgIpc) is 2.40. The number of likely N-dealkylation sites (tertiary alicyclic amines) is 1. The molecule has 4 heteroatoms. The lowest BCUT2D eigenvalue weighted by molar-refractivity contribution is 0.0532. The molecule has 1 fully saturated rings. The highest BCUT2D eigenvalue weighted by Crippen LogP contribution is 2.25. The van der Waals surface area contributed by atoms with Crippen molar-refractivity contribution in [2.24, 2.45) is 11.7 Å². The van der Waals surface area contributed by atoms with Crippen molar-refractivity contribution >= 4 is 21.8 Å². The van der Waals surface area contributed by atoms with E-state index in [9.17, 15) is 4.79 Å². The largest absolute Gasteiger partial charge is 0.334 e. The molecule has 3 nitrogen and oxygen atoms in total. The number of halogens is 1. The van der Waals surface area contributed by atoms with Gasteiger partial charge in [0, 0.05) is 29.2 Å². The molecule has 1 saturated heterocycles. The second kappa shape index (κ2) is 6.06. The van der Waals surface area contributed by atoms with E-state index in [2.05, 4.69) is 22.9 Å². The van der Waals surface area contributed by atoms with E-state index in [0.29, 0.717) is 12.5 Å². The molecule has 0 bridgehead atoms. The fourth-order valence-electron chi connectivity index (χ4n) is 2.80. The van der Waals surface area contributed by atoms with Crippen molar-refractivity contribution in [2.45, 2.75) is 32.7 Å². The topological polar surface area (TPSA) is 46.3 Å². The molecule has 1 amide bonds. The van der Waals surface area contributed by atoms with Crippen LogP contribution in [0.4, 0.5) is 0 Å². The van der Waals surface area contributed by atoms with E-state index in [1.165, 1.54) is 0 Å². The predicted octanol–water partition coefficient (Wildman–Crippen LogP) is 2.96. The number of nitrogens with zero attached hydrogens (tertiary/aromatic N) is 1. The Morgan fingerprint density at radius 3 is 2.89 bits per heavy atom. The molecule has 0 spiro atoms. The van der Waals surface area contributed by atoms with Crippen LogP contribution in [0, 0.1) is 12.8 Å². The summed E-state index contributed by atoms with van der Waals surface area (Å²) in [5.74, 6) is 0.594. The van der Waals surface area contributed by atoms with Crippen molar-refractivity contribution in [1.29, 1.82) is 0 Å². The Labute approximate surface area is 123 Å². The van der Waals surface area contributed by atoms with Crippen molar-refractivity contribution in [1.82, 2.24) is 4.90 Å². The lowest BCUT2D eigenvalue weighted by Gasteiger charge is -2.39. The third kappa shape index (κ3) is 3.00. The van der Waals surface area contributed by atoms with Crippen LogP contribution in [-0.2, 0) is 0 Å². The highest BCUT2D eigenvalue weighted by Gasteiger charge is 2.31. The summed E-state index contributed by atoms with van der Waals surface area (Å²) in [6.07, 6.45) is 2.23. The number of carbonyl (C=O) groups excluding carboxylic acids is 1. The van der Waals surface area contributed by atoms with Crippen LogP contribution in [0.15, 0.2) is 22.7 Å². The van der Waals surface area contributed by atoms with Crippen LogP contribution >= 0.6 is 15.9 Å². The highest BCUT2D eigenvalue weighted by molar-refractivity contribution is 9.10. The molecule has 0 aliphatic carbocycles. The molecule has 2 atom stereocenters. The van der Waals surface area contributed by atoms with Crippen LogP contribution in [0.25, 0.3) is 0 Å². The maximum absolute atomic E-state index is 12.6. The van der Waals surface area contributed by atoms with E-state index in [1.807, 2.05) is 30.0 Å². The molecule has 1 heterocycles. The van der Waals surface area contributed by atoms with Gasteiger partial charge in [0.15, 0.2) is 0 Å². The fraction of sp³-hybridized carbons (Fsp3) is 0.533. The zero-order chi connectivity index (χ0) is 14.0. The van der Waals surface area contributed by atoms with Gasteiger partial charge in [-0.15, -0.1) is 0 Å². The van der Waals surface area contributed by atoms with E-state index in [-0.39, 0.29) is 11.9 Å². The number of nitrogens with two attached hydrogens (primary N) is 1. The van der Waals surface area contributed by atoms with Crippen LogP contribution in [0.5, 0.6) is 0 Å². The Kier molecular flexibility index (Phi) is 4.63. The van der Waals surface area contributed by atoms with Gasteiger partial charge in [-0.2, -0.15) is 0 Å². The molecule has 104 valence electrons. The molecule has 2 unspecified atom stereocenters. The standard InChI is InChI=1S/C15H21BrN2O/c1-10-4-3-7-18(14(10)9-17)15(19)12-5-6-13(16)11(2)8-12/h5-6,8,10,14H,3-4,7,9,17H2,1-2H3. The molecule has 0 aromatic heterocycles. The molecule has 1 aromatic carbocycles. The summed E-state index contributed by atoms with van der Waals surface area (Å²) in [4.78, 5) is 14.6. The highest BCUT2D eigenvalue weighted by atomic mass is 79.9. The number of piperidine rings is 1. The molecular formula is C15H21BrN2O. The van der Waals surface area contributed by atoms with Gasteiger partial charge in [-0.25, -0.2) is 0 Å². The zero-order valence-corrected chi connectivity index (χ0v) is 13.1. The van der Waals surface area contributed by atoms with E-state index in [4.69, 9.17) is 5.73 Å². The third-order valence-corrected chi connectivity index (χ3v) is 4.91. The molecule has 1 aliphatic heterocycles. The van der Waals surface area contributed by atoms with Gasteiger partial charge in [-0.05, 0) is 49.4 Å². The fourth-order valence-corrected chi connectivity index (χ4v) is 3.05. The summed E-state index contributed by atoms with van der Waals surface area (Å²) in [7, 11) is 0. The van der Waals surface area contributed by atoms with E-state index >= 15 is 0 Å². The SMILES string of the molecule is Cc1cc(C(=O)N2CCCC(C)C2CN)ccc1Br. The van der Waals surface area contributed by atoms with Gasteiger partial charge in [0.1, 0.15) is 0 Å². The van der Waals surface area contributed by atoms with Crippen LogP contribution in [-0.4, -0.2) is 29.9 Å². The zero-order valence-electron chi connectivity index (χ0n) is 11.5. The second-order valence-corrected chi connectivity index (χ2v) is 6.24. The molecule has 19 heavy (non-hydrogen) atoms. The number of carbonyl (C=O) groups is 1. The first-order chi connectivity index (χ1) is 9.04. The van der Waals surface area contributed by atoms with Gasteiger partial charge < -0.3 is 10.6 Å². The summed E-state index contributed by atoms with van der Waals surface area (Å²) < 4.78 is 1.03. The third-order valence-electron chi connectivity index (χ3n) is 4.02. The number of rotatable bonds is 2. The Bertz CT molecular complexity index is 475. The maximum Gasteiger partial charge on any atom is 0.254 e. The van der Waals surface area contributed by atoms with Crippen LogP contribution in [0.1, 0.15) is 35.7 Å². The van der Waals surface area contributed by atoms with Gasteiger partial charge in [0.25, 0.3) is 5.91 Å². The summed E-state index contributed by atoms with van der Waals surface area (Å²) in [6.45, 7) is 5.55. The van der Waals surface area contributed by atoms with Gasteiger partial charge in [-0.3, -0.25) is 4.79 Å². The van der Waals surface area contributed by atoms with Crippen molar-refractivity contribution in [3.8, 4) is 0 Å². The van der Waals surface area contributed by atoms with Gasteiger partial charge in [-0.1, -0.05) is 22.9 Å². The van der Waals surface area contributed by atoms with Gasteiger partial charge in [0.2, 0.25) is 0 Å². The molecule has 2 N–H and O–H groups in total. The lowest BCUT2D eigenvalue weighted by Crippen LogP contribution is -2.51. The minimum Gasteiger partial charge on any atom is -0.334 e. The number of hydrogen-bond acceptors (Lipinski definition) is 2. The summed E-state index contributed by atoms with van der Waals surface area (Å²) >= 11 is 3.46. The molecular weight excluding hydrogens is 304 g/mol. The first-order valence-electron chi connectivity index (χ1n) is 6.81. The first-order valence-corrected chi connectivity index (χ1v) is 7.61. The van der Waals surface area contributed by atoms with E-state index in [0.717, 1.165) is 35.0 Å². The average molecular weight is 325 g/mol. The summed E-state index contributed by atoms with van der Waals surface area (Å²) in [5, 5.41) is 0. The second-order valence-electron chi connectivity index (χ2n) is 5.39. The molecule has 0 saturated carbocycles. The molecule has 0 radical (unpaired) electrons. The van der Waals surface area contributed by atoms with Crippen molar-refractivity contribution in [3.63, 3.8) is 0 Å². The number of hydrogen-bond donors (Lipinski definition) is 1. The minimum absolute atomic E-state index is 0.109. The van der Waals surface area contributed by atoms with Gasteiger partial charge in [0.05, 0.1) is 0 Å².